The lowest BCUT2D eigenvalue weighted by molar-refractivity contribution is 0.0658. The number of carbonyl (C=O) groups excluding carboxylic acids is 1. The van der Waals surface area contributed by atoms with Gasteiger partial charge in [0.2, 0.25) is 5.76 Å². The number of aryl methyl sites for hydroxylation is 1. The molecule has 0 bridgehead atoms. The Labute approximate surface area is 138 Å². The van der Waals surface area contributed by atoms with E-state index >= 15 is 0 Å². The highest BCUT2D eigenvalue weighted by Crippen LogP contribution is 2.37. The summed E-state index contributed by atoms with van der Waals surface area (Å²) >= 11 is 5.87. The average molecular weight is 334 g/mol. The Kier molecular flexibility index (Phi) is 4.13. The molecule has 0 radical (unpaired) electrons. The van der Waals surface area contributed by atoms with Crippen molar-refractivity contribution in [1.82, 2.24) is 5.32 Å². The van der Waals surface area contributed by atoms with E-state index in [1.165, 1.54) is 11.6 Å². The summed E-state index contributed by atoms with van der Waals surface area (Å²) in [5.74, 6) is -1.30. The molecule has 1 amide bonds. The Morgan fingerprint density at radius 2 is 1.91 bits per heavy atom. The quantitative estimate of drug-likeness (QED) is 0.895. The Balaban J connectivity index is 1.57. The van der Waals surface area contributed by atoms with Gasteiger partial charge >= 0.3 is 5.97 Å². The molecule has 0 unspecified atom stereocenters. The van der Waals surface area contributed by atoms with Gasteiger partial charge in [0.25, 0.3) is 5.91 Å². The average Bonchev–Trinajstić information content (AvgIpc) is 2.86. The first kappa shape index (κ1) is 15.6. The van der Waals surface area contributed by atoms with Crippen molar-refractivity contribution in [3.63, 3.8) is 0 Å². The molecule has 1 saturated carbocycles. The third-order valence-electron chi connectivity index (χ3n) is 4.15. The number of carboxylic acid groups (broad SMARTS) is 1. The minimum absolute atomic E-state index is 0.0369. The third kappa shape index (κ3) is 3.24. The van der Waals surface area contributed by atoms with Gasteiger partial charge in [-0.15, -0.1) is 0 Å². The number of aromatic carboxylic acids is 1. The predicted molar refractivity (Wildman–Crippen MR) is 85.1 cm³/mol. The Bertz CT molecular complexity index is 744. The number of nitrogens with one attached hydrogen (secondary N) is 1. The normalized spacial score (nSPS) is 19.9. The number of rotatable bonds is 4. The van der Waals surface area contributed by atoms with Crippen LogP contribution in [0.3, 0.4) is 0 Å². The van der Waals surface area contributed by atoms with Crippen LogP contribution in [0.4, 0.5) is 0 Å². The molecular weight excluding hydrogens is 318 g/mol. The van der Waals surface area contributed by atoms with Gasteiger partial charge in [-0.1, -0.05) is 23.7 Å². The van der Waals surface area contributed by atoms with E-state index in [-0.39, 0.29) is 23.5 Å². The van der Waals surface area contributed by atoms with Crippen LogP contribution in [-0.2, 0) is 0 Å². The van der Waals surface area contributed by atoms with E-state index in [0.29, 0.717) is 16.5 Å². The summed E-state index contributed by atoms with van der Waals surface area (Å²) in [6, 6.07) is 9.25. The number of carbonyl (C=O) groups is 2. The van der Waals surface area contributed by atoms with Gasteiger partial charge in [0.15, 0.2) is 5.76 Å². The molecule has 1 aromatic heterocycles. The van der Waals surface area contributed by atoms with Crippen molar-refractivity contribution in [2.75, 3.05) is 0 Å². The number of carboxylic acids is 1. The molecule has 0 saturated heterocycles. The fourth-order valence-corrected chi connectivity index (χ4v) is 2.93. The van der Waals surface area contributed by atoms with Crippen LogP contribution in [0.15, 0.2) is 34.7 Å². The molecule has 2 aromatic rings. The highest BCUT2D eigenvalue weighted by atomic mass is 35.5. The van der Waals surface area contributed by atoms with Gasteiger partial charge in [0.05, 0.1) is 0 Å². The van der Waals surface area contributed by atoms with Crippen molar-refractivity contribution in [3.05, 3.63) is 58.0 Å². The van der Waals surface area contributed by atoms with Crippen molar-refractivity contribution < 1.29 is 19.1 Å². The van der Waals surface area contributed by atoms with Gasteiger partial charge in [-0.3, -0.25) is 4.79 Å². The first-order chi connectivity index (χ1) is 10.9. The summed E-state index contributed by atoms with van der Waals surface area (Å²) in [6.07, 6.45) is 1.69. The number of furan rings is 1. The van der Waals surface area contributed by atoms with Crippen LogP contribution in [0.25, 0.3) is 0 Å². The van der Waals surface area contributed by atoms with E-state index < -0.39 is 5.97 Å². The topological polar surface area (TPSA) is 79.5 Å². The smallest absolute Gasteiger partial charge is 0.372 e. The minimum Gasteiger partial charge on any atom is -0.475 e. The second-order valence-corrected chi connectivity index (χ2v) is 6.25. The largest absolute Gasteiger partial charge is 0.475 e. The zero-order valence-corrected chi connectivity index (χ0v) is 13.3. The highest BCUT2D eigenvalue weighted by molar-refractivity contribution is 6.30. The molecule has 5 nitrogen and oxygen atoms in total. The lowest BCUT2D eigenvalue weighted by atomic mass is 9.76. The minimum atomic E-state index is -1.17. The molecular formula is C17H16ClNO4. The fraction of sp³-hybridized carbons (Fsp3) is 0.294. The van der Waals surface area contributed by atoms with E-state index in [1.807, 2.05) is 24.3 Å². The van der Waals surface area contributed by atoms with Crippen molar-refractivity contribution in [2.45, 2.75) is 31.7 Å². The van der Waals surface area contributed by atoms with Crippen molar-refractivity contribution >= 4 is 23.5 Å². The lowest BCUT2D eigenvalue weighted by Gasteiger charge is -2.36. The molecule has 6 heteroatoms. The van der Waals surface area contributed by atoms with Gasteiger partial charge < -0.3 is 14.8 Å². The molecule has 3 rings (SSSR count). The summed E-state index contributed by atoms with van der Waals surface area (Å²) in [6.45, 7) is 1.60. The Morgan fingerprint density at radius 3 is 2.48 bits per heavy atom. The van der Waals surface area contributed by atoms with Crippen LogP contribution in [0.1, 0.15) is 51.0 Å². The molecule has 23 heavy (non-hydrogen) atoms. The lowest BCUT2D eigenvalue weighted by Crippen LogP contribution is -2.43. The summed E-state index contributed by atoms with van der Waals surface area (Å²) in [7, 11) is 0. The third-order valence-corrected chi connectivity index (χ3v) is 4.40. The number of amides is 1. The Hall–Kier alpha value is -2.27. The van der Waals surface area contributed by atoms with Crippen LogP contribution in [0.2, 0.25) is 5.02 Å². The molecule has 0 aliphatic heterocycles. The van der Waals surface area contributed by atoms with Gasteiger partial charge in [0, 0.05) is 16.6 Å². The van der Waals surface area contributed by atoms with Crippen LogP contribution >= 0.6 is 11.6 Å². The van der Waals surface area contributed by atoms with E-state index in [9.17, 15) is 9.59 Å². The second kappa shape index (κ2) is 6.08. The molecule has 1 aliphatic rings. The van der Waals surface area contributed by atoms with E-state index in [2.05, 4.69) is 5.32 Å². The van der Waals surface area contributed by atoms with Crippen LogP contribution in [0.5, 0.6) is 0 Å². The van der Waals surface area contributed by atoms with E-state index in [0.717, 1.165) is 12.8 Å². The first-order valence-electron chi connectivity index (χ1n) is 7.34. The summed E-state index contributed by atoms with van der Waals surface area (Å²) < 4.78 is 5.11. The zero-order chi connectivity index (χ0) is 16.6. The monoisotopic (exact) mass is 333 g/mol. The first-order valence-corrected chi connectivity index (χ1v) is 7.72. The van der Waals surface area contributed by atoms with Crippen molar-refractivity contribution in [1.29, 1.82) is 0 Å². The van der Waals surface area contributed by atoms with Crippen molar-refractivity contribution in [3.8, 4) is 0 Å². The SMILES string of the molecule is Cc1cc(C(=O)NC2CC(c3ccc(Cl)cc3)C2)oc1C(=O)O. The Morgan fingerprint density at radius 1 is 1.26 bits per heavy atom. The van der Waals surface area contributed by atoms with Gasteiger partial charge in [-0.05, 0) is 49.4 Å². The number of hydrogen-bond acceptors (Lipinski definition) is 3. The van der Waals surface area contributed by atoms with Crippen LogP contribution in [-0.4, -0.2) is 23.0 Å². The molecule has 0 atom stereocenters. The van der Waals surface area contributed by atoms with Crippen molar-refractivity contribution in [2.24, 2.45) is 0 Å². The molecule has 120 valence electrons. The van der Waals surface area contributed by atoms with Gasteiger partial charge in [-0.2, -0.15) is 0 Å². The number of halogens is 1. The molecule has 1 aliphatic carbocycles. The summed E-state index contributed by atoms with van der Waals surface area (Å²) in [4.78, 5) is 23.0. The maximum Gasteiger partial charge on any atom is 0.372 e. The van der Waals surface area contributed by atoms with Crippen LogP contribution in [0, 0.1) is 6.92 Å². The molecule has 1 fully saturated rings. The molecule has 0 spiro atoms. The van der Waals surface area contributed by atoms with Gasteiger partial charge in [-0.25, -0.2) is 4.79 Å². The molecule has 2 N–H and O–H groups in total. The molecule has 1 heterocycles. The maximum absolute atomic E-state index is 12.1. The summed E-state index contributed by atoms with van der Waals surface area (Å²) in [5, 5.41) is 12.5. The zero-order valence-electron chi connectivity index (χ0n) is 12.5. The van der Waals surface area contributed by atoms with E-state index in [1.54, 1.807) is 6.92 Å². The standard InChI is InChI=1S/C17H16ClNO4/c1-9-6-14(23-15(9)17(21)22)16(20)19-13-7-11(8-13)10-2-4-12(18)5-3-10/h2-6,11,13H,7-8H2,1H3,(H,19,20)(H,21,22). The number of benzene rings is 1. The van der Waals surface area contributed by atoms with Gasteiger partial charge in [0.1, 0.15) is 0 Å². The fourth-order valence-electron chi connectivity index (χ4n) is 2.81. The predicted octanol–water partition coefficient (Wildman–Crippen LogP) is 3.62. The second-order valence-electron chi connectivity index (χ2n) is 5.82. The number of hydrogen-bond donors (Lipinski definition) is 2. The summed E-state index contributed by atoms with van der Waals surface area (Å²) in [5.41, 5.74) is 1.65. The van der Waals surface area contributed by atoms with E-state index in [4.69, 9.17) is 21.1 Å². The maximum atomic E-state index is 12.1. The molecule has 1 aromatic carbocycles. The highest BCUT2D eigenvalue weighted by Gasteiger charge is 2.32. The van der Waals surface area contributed by atoms with Crippen LogP contribution < -0.4 is 5.32 Å².